The fourth-order valence-corrected chi connectivity index (χ4v) is 2.82. The molecule has 3 heteroatoms. The molecule has 2 fully saturated rings. The molecule has 100 valence electrons. The zero-order chi connectivity index (χ0) is 12.1. The number of likely N-dealkylation sites (N-methyl/N-ethyl adjacent to an activating group) is 1. The van der Waals surface area contributed by atoms with E-state index in [1.807, 2.05) is 0 Å². The quantitative estimate of drug-likeness (QED) is 0.758. The van der Waals surface area contributed by atoms with Crippen LogP contribution in [0.5, 0.6) is 0 Å². The molecule has 0 aromatic carbocycles. The Morgan fingerprint density at radius 2 is 2.00 bits per heavy atom. The number of likely N-dealkylation sites (tertiary alicyclic amines) is 1. The van der Waals surface area contributed by atoms with Gasteiger partial charge in [-0.1, -0.05) is 6.92 Å². The van der Waals surface area contributed by atoms with Crippen LogP contribution in [0.15, 0.2) is 0 Å². The standard InChI is InChI=1S/C14H29N3/c1-3-17-10-4-5-13(8-11-17)15-9-12-16(2)14-6-7-14/h13-15H,3-12H2,1-2H3. The van der Waals surface area contributed by atoms with Gasteiger partial charge in [0.1, 0.15) is 0 Å². The van der Waals surface area contributed by atoms with Crippen LogP contribution >= 0.6 is 0 Å². The lowest BCUT2D eigenvalue weighted by Crippen LogP contribution is -2.37. The zero-order valence-corrected chi connectivity index (χ0v) is 11.6. The van der Waals surface area contributed by atoms with Gasteiger partial charge in [0.2, 0.25) is 0 Å². The summed E-state index contributed by atoms with van der Waals surface area (Å²) in [5.41, 5.74) is 0. The molecule has 1 aliphatic heterocycles. The average molecular weight is 239 g/mol. The van der Waals surface area contributed by atoms with Crippen molar-refractivity contribution >= 4 is 0 Å². The van der Waals surface area contributed by atoms with Crippen molar-refractivity contribution in [2.45, 2.75) is 51.1 Å². The Bertz CT molecular complexity index is 216. The number of nitrogens with one attached hydrogen (secondary N) is 1. The lowest BCUT2D eigenvalue weighted by atomic mass is 10.1. The molecular formula is C14H29N3. The van der Waals surface area contributed by atoms with Crippen molar-refractivity contribution in [2.24, 2.45) is 0 Å². The highest BCUT2D eigenvalue weighted by Crippen LogP contribution is 2.24. The molecule has 1 heterocycles. The van der Waals surface area contributed by atoms with Crippen LogP contribution in [0, 0.1) is 0 Å². The second kappa shape index (κ2) is 6.72. The number of hydrogen-bond acceptors (Lipinski definition) is 3. The first kappa shape index (κ1) is 13.3. The molecule has 1 atom stereocenters. The SMILES string of the molecule is CCN1CCCC(NCCN(C)C2CC2)CC1. The molecule has 1 unspecified atom stereocenters. The highest BCUT2D eigenvalue weighted by Gasteiger charge is 2.25. The van der Waals surface area contributed by atoms with E-state index >= 15 is 0 Å². The van der Waals surface area contributed by atoms with Crippen molar-refractivity contribution in [3.8, 4) is 0 Å². The highest BCUT2D eigenvalue weighted by molar-refractivity contribution is 4.83. The van der Waals surface area contributed by atoms with Gasteiger partial charge in [-0.25, -0.2) is 0 Å². The van der Waals surface area contributed by atoms with E-state index in [1.54, 1.807) is 0 Å². The third-order valence-corrected chi connectivity index (χ3v) is 4.34. The number of hydrogen-bond donors (Lipinski definition) is 1. The first-order valence-corrected chi connectivity index (χ1v) is 7.45. The van der Waals surface area contributed by atoms with Gasteiger partial charge < -0.3 is 15.1 Å². The highest BCUT2D eigenvalue weighted by atomic mass is 15.2. The van der Waals surface area contributed by atoms with E-state index in [0.29, 0.717) is 0 Å². The predicted molar refractivity (Wildman–Crippen MR) is 73.4 cm³/mol. The molecule has 1 N–H and O–H groups in total. The fraction of sp³-hybridized carbons (Fsp3) is 1.00. The Hall–Kier alpha value is -0.120. The van der Waals surface area contributed by atoms with Gasteiger partial charge in [0.15, 0.2) is 0 Å². The third-order valence-electron chi connectivity index (χ3n) is 4.34. The maximum absolute atomic E-state index is 3.75. The summed E-state index contributed by atoms with van der Waals surface area (Å²) in [4.78, 5) is 5.10. The summed E-state index contributed by atoms with van der Waals surface area (Å²) in [7, 11) is 2.27. The molecule has 2 aliphatic rings. The molecule has 17 heavy (non-hydrogen) atoms. The van der Waals surface area contributed by atoms with Crippen LogP contribution in [0.1, 0.15) is 39.0 Å². The molecule has 0 amide bonds. The molecular weight excluding hydrogens is 210 g/mol. The Balaban J connectivity index is 1.58. The lowest BCUT2D eigenvalue weighted by Gasteiger charge is -2.21. The predicted octanol–water partition coefficient (Wildman–Crippen LogP) is 1.54. The monoisotopic (exact) mass is 239 g/mol. The van der Waals surface area contributed by atoms with Crippen LogP contribution in [0.2, 0.25) is 0 Å². The molecule has 0 bridgehead atoms. The normalized spacial score (nSPS) is 27.4. The van der Waals surface area contributed by atoms with E-state index in [4.69, 9.17) is 0 Å². The van der Waals surface area contributed by atoms with Crippen molar-refractivity contribution in [2.75, 3.05) is 39.8 Å². The van der Waals surface area contributed by atoms with Gasteiger partial charge in [-0.3, -0.25) is 0 Å². The number of rotatable bonds is 6. The summed E-state index contributed by atoms with van der Waals surface area (Å²) in [5, 5.41) is 3.75. The van der Waals surface area contributed by atoms with E-state index in [0.717, 1.165) is 12.1 Å². The summed E-state index contributed by atoms with van der Waals surface area (Å²) in [5.74, 6) is 0. The molecule has 0 aromatic heterocycles. The summed E-state index contributed by atoms with van der Waals surface area (Å²) in [6.07, 6.45) is 6.91. The largest absolute Gasteiger partial charge is 0.313 e. The van der Waals surface area contributed by atoms with Crippen molar-refractivity contribution in [1.82, 2.24) is 15.1 Å². The van der Waals surface area contributed by atoms with E-state index in [1.165, 1.54) is 64.8 Å². The molecule has 0 aromatic rings. The van der Waals surface area contributed by atoms with Gasteiger partial charge in [0.05, 0.1) is 0 Å². The first-order chi connectivity index (χ1) is 8.29. The summed E-state index contributed by atoms with van der Waals surface area (Å²) in [6, 6.07) is 1.67. The molecule has 1 saturated carbocycles. The maximum Gasteiger partial charge on any atom is 0.0107 e. The Labute approximate surface area is 107 Å². The van der Waals surface area contributed by atoms with Crippen molar-refractivity contribution in [3.63, 3.8) is 0 Å². The van der Waals surface area contributed by atoms with Gasteiger partial charge in [-0.15, -0.1) is 0 Å². The third kappa shape index (κ3) is 4.57. The molecule has 1 aliphatic carbocycles. The minimum Gasteiger partial charge on any atom is -0.313 e. The Morgan fingerprint density at radius 1 is 1.18 bits per heavy atom. The van der Waals surface area contributed by atoms with Gasteiger partial charge in [0.25, 0.3) is 0 Å². The minimum atomic E-state index is 0.763. The molecule has 3 nitrogen and oxygen atoms in total. The van der Waals surface area contributed by atoms with E-state index < -0.39 is 0 Å². The van der Waals surface area contributed by atoms with Gasteiger partial charge in [0, 0.05) is 25.2 Å². The topological polar surface area (TPSA) is 18.5 Å². The second-order valence-corrected chi connectivity index (χ2v) is 5.73. The van der Waals surface area contributed by atoms with Crippen LogP contribution in [0.4, 0.5) is 0 Å². The molecule has 0 radical (unpaired) electrons. The van der Waals surface area contributed by atoms with Crippen molar-refractivity contribution < 1.29 is 0 Å². The van der Waals surface area contributed by atoms with Gasteiger partial charge in [-0.05, 0) is 58.8 Å². The second-order valence-electron chi connectivity index (χ2n) is 5.73. The van der Waals surface area contributed by atoms with Crippen LogP contribution in [-0.2, 0) is 0 Å². The van der Waals surface area contributed by atoms with Crippen molar-refractivity contribution in [1.29, 1.82) is 0 Å². The van der Waals surface area contributed by atoms with Crippen LogP contribution in [0.3, 0.4) is 0 Å². The lowest BCUT2D eigenvalue weighted by molar-refractivity contribution is 0.292. The molecule has 0 spiro atoms. The maximum atomic E-state index is 3.75. The van der Waals surface area contributed by atoms with Gasteiger partial charge in [-0.2, -0.15) is 0 Å². The average Bonchev–Trinajstić information content (AvgIpc) is 3.16. The number of nitrogens with zero attached hydrogens (tertiary/aromatic N) is 2. The zero-order valence-electron chi connectivity index (χ0n) is 11.6. The van der Waals surface area contributed by atoms with Crippen LogP contribution < -0.4 is 5.32 Å². The van der Waals surface area contributed by atoms with Gasteiger partial charge >= 0.3 is 0 Å². The summed E-state index contributed by atoms with van der Waals surface area (Å²) >= 11 is 0. The first-order valence-electron chi connectivity index (χ1n) is 7.45. The summed E-state index contributed by atoms with van der Waals surface area (Å²) in [6.45, 7) is 8.47. The minimum absolute atomic E-state index is 0.763. The van der Waals surface area contributed by atoms with Crippen LogP contribution in [0.25, 0.3) is 0 Å². The van der Waals surface area contributed by atoms with E-state index in [-0.39, 0.29) is 0 Å². The molecule has 2 rings (SSSR count). The molecule has 1 saturated heterocycles. The smallest absolute Gasteiger partial charge is 0.0107 e. The van der Waals surface area contributed by atoms with Crippen LogP contribution in [-0.4, -0.2) is 61.7 Å². The summed E-state index contributed by atoms with van der Waals surface area (Å²) < 4.78 is 0. The fourth-order valence-electron chi connectivity index (χ4n) is 2.82. The Kier molecular flexibility index (Phi) is 5.26. The van der Waals surface area contributed by atoms with Crippen molar-refractivity contribution in [3.05, 3.63) is 0 Å². The Morgan fingerprint density at radius 3 is 2.71 bits per heavy atom. The van der Waals surface area contributed by atoms with E-state index in [9.17, 15) is 0 Å². The van der Waals surface area contributed by atoms with E-state index in [2.05, 4.69) is 29.1 Å².